The van der Waals surface area contributed by atoms with E-state index in [-0.39, 0.29) is 5.41 Å². The molecule has 1 aromatic carbocycles. The number of halogens is 3. The Kier molecular flexibility index (Phi) is 6.22. The Morgan fingerprint density at radius 1 is 1.21 bits per heavy atom. The molecule has 0 bridgehead atoms. The van der Waals surface area contributed by atoms with E-state index in [1.807, 2.05) is 18.5 Å². The molecular weight excluding hydrogens is 463 g/mol. The van der Waals surface area contributed by atoms with Crippen molar-refractivity contribution in [1.29, 1.82) is 0 Å². The van der Waals surface area contributed by atoms with E-state index < -0.39 is 11.7 Å². The normalized spacial score (nSPS) is 23.0. The van der Waals surface area contributed by atoms with Gasteiger partial charge in [0.25, 0.3) is 0 Å². The van der Waals surface area contributed by atoms with Crippen LogP contribution < -0.4 is 0 Å². The van der Waals surface area contributed by atoms with Crippen molar-refractivity contribution in [2.75, 3.05) is 25.4 Å². The quantitative estimate of drug-likeness (QED) is 0.319. The van der Waals surface area contributed by atoms with Gasteiger partial charge in [-0.05, 0) is 74.7 Å². The second-order valence-electron chi connectivity index (χ2n) is 9.45. The molecule has 2 aromatic heterocycles. The molecule has 182 valence electrons. The Balaban J connectivity index is 1.11. The molecule has 6 nitrogen and oxygen atoms in total. The average Bonchev–Trinajstić information content (AvgIpc) is 3.10. The minimum atomic E-state index is -4.28. The summed E-state index contributed by atoms with van der Waals surface area (Å²) in [6.45, 7) is 5.02. The van der Waals surface area contributed by atoms with Gasteiger partial charge in [0.1, 0.15) is 0 Å². The molecule has 1 saturated heterocycles. The van der Waals surface area contributed by atoms with Crippen LogP contribution in [0.4, 0.5) is 13.2 Å². The Labute approximate surface area is 200 Å². The number of alkyl halides is 3. The van der Waals surface area contributed by atoms with E-state index in [4.69, 9.17) is 4.42 Å². The van der Waals surface area contributed by atoms with Gasteiger partial charge in [-0.15, -0.1) is 10.2 Å². The lowest BCUT2D eigenvalue weighted by Gasteiger charge is -2.34. The van der Waals surface area contributed by atoms with E-state index in [9.17, 15) is 13.2 Å². The molecule has 2 fully saturated rings. The van der Waals surface area contributed by atoms with E-state index >= 15 is 0 Å². The fraction of sp³-hybridized carbons (Fsp3) is 0.542. The Morgan fingerprint density at radius 3 is 2.71 bits per heavy atom. The second kappa shape index (κ2) is 9.03. The lowest BCUT2D eigenvalue weighted by Crippen LogP contribution is -2.38. The van der Waals surface area contributed by atoms with Gasteiger partial charge in [-0.2, -0.15) is 13.2 Å². The number of hydrogen-bond acceptors (Lipinski definition) is 6. The molecule has 10 heteroatoms. The van der Waals surface area contributed by atoms with Gasteiger partial charge >= 0.3 is 6.18 Å². The first-order valence-electron chi connectivity index (χ1n) is 11.6. The average molecular weight is 492 g/mol. The molecule has 1 aliphatic heterocycles. The summed E-state index contributed by atoms with van der Waals surface area (Å²) in [5.41, 5.74) is 1.50. The van der Waals surface area contributed by atoms with Crippen molar-refractivity contribution in [2.45, 2.75) is 49.9 Å². The summed E-state index contributed by atoms with van der Waals surface area (Å²) in [6, 6.07) is 5.79. The summed E-state index contributed by atoms with van der Waals surface area (Å²) in [6.07, 6.45) is 1.56. The molecule has 0 unspecified atom stereocenters. The first-order chi connectivity index (χ1) is 16.3. The monoisotopic (exact) mass is 491 g/mol. The number of piperidine rings is 1. The summed E-state index contributed by atoms with van der Waals surface area (Å²) in [5, 5.41) is 9.41. The van der Waals surface area contributed by atoms with Crippen LogP contribution in [-0.4, -0.2) is 50.0 Å². The van der Waals surface area contributed by atoms with Crippen LogP contribution in [0.5, 0.6) is 0 Å². The fourth-order valence-corrected chi connectivity index (χ4v) is 6.06. The van der Waals surface area contributed by atoms with E-state index in [2.05, 4.69) is 20.1 Å². The molecule has 5 rings (SSSR count). The minimum Gasteiger partial charge on any atom is -0.440 e. The Morgan fingerprint density at radius 2 is 2.00 bits per heavy atom. The number of likely N-dealkylation sites (tertiary alicyclic amines) is 1. The first-order valence-corrected chi connectivity index (χ1v) is 12.6. The van der Waals surface area contributed by atoms with Crippen LogP contribution in [0.3, 0.4) is 0 Å². The van der Waals surface area contributed by atoms with Gasteiger partial charge in [0.15, 0.2) is 17.3 Å². The Bertz CT molecular complexity index is 1140. The molecule has 2 aliphatic rings. The number of oxazole rings is 1. The smallest absolute Gasteiger partial charge is 0.416 e. The van der Waals surface area contributed by atoms with Gasteiger partial charge in [-0.1, -0.05) is 23.9 Å². The third-order valence-corrected chi connectivity index (χ3v) is 8.26. The fourth-order valence-electron chi connectivity index (χ4n) is 5.23. The predicted molar refractivity (Wildman–Crippen MR) is 123 cm³/mol. The number of aromatic nitrogens is 4. The maximum Gasteiger partial charge on any atom is 0.416 e. The molecular formula is C24H28F3N5OS. The number of aryl methyl sites for hydroxylation is 1. The molecule has 3 heterocycles. The zero-order valence-electron chi connectivity index (χ0n) is 19.3. The largest absolute Gasteiger partial charge is 0.440 e. The molecule has 34 heavy (non-hydrogen) atoms. The molecule has 3 aromatic rings. The SMILES string of the molecule is Cc1ncoc1-c1nnc(SCCCN2CCC[C@]3(C[C@H]3c3ccc(C(F)(F)F)cc3)C2)n1C. The van der Waals surface area contributed by atoms with Crippen molar-refractivity contribution in [1.82, 2.24) is 24.6 Å². The van der Waals surface area contributed by atoms with Crippen LogP contribution in [0.15, 0.2) is 40.2 Å². The van der Waals surface area contributed by atoms with Crippen LogP contribution in [0.2, 0.25) is 0 Å². The molecule has 2 atom stereocenters. The van der Waals surface area contributed by atoms with Crippen molar-refractivity contribution in [3.05, 3.63) is 47.5 Å². The van der Waals surface area contributed by atoms with Crippen molar-refractivity contribution >= 4 is 11.8 Å². The van der Waals surface area contributed by atoms with Crippen LogP contribution in [0.25, 0.3) is 11.6 Å². The zero-order chi connectivity index (χ0) is 23.9. The highest BCUT2D eigenvalue weighted by Crippen LogP contribution is 2.63. The van der Waals surface area contributed by atoms with Crippen LogP contribution in [0, 0.1) is 12.3 Å². The van der Waals surface area contributed by atoms with Crippen LogP contribution in [-0.2, 0) is 13.2 Å². The molecule has 1 saturated carbocycles. The maximum absolute atomic E-state index is 12.9. The first kappa shape index (κ1) is 23.4. The topological polar surface area (TPSA) is 60.0 Å². The maximum atomic E-state index is 12.9. The highest BCUT2D eigenvalue weighted by atomic mass is 32.2. The molecule has 0 amide bonds. The molecule has 0 radical (unpaired) electrons. The molecule has 1 aliphatic carbocycles. The van der Waals surface area contributed by atoms with E-state index in [1.165, 1.54) is 18.5 Å². The highest BCUT2D eigenvalue weighted by molar-refractivity contribution is 7.99. The van der Waals surface area contributed by atoms with Gasteiger partial charge in [0.2, 0.25) is 5.82 Å². The van der Waals surface area contributed by atoms with Gasteiger partial charge in [0.05, 0.1) is 11.3 Å². The van der Waals surface area contributed by atoms with Crippen molar-refractivity contribution in [3.8, 4) is 11.6 Å². The van der Waals surface area contributed by atoms with Gasteiger partial charge < -0.3 is 13.9 Å². The lowest BCUT2D eigenvalue weighted by molar-refractivity contribution is -0.137. The van der Waals surface area contributed by atoms with Crippen molar-refractivity contribution in [3.63, 3.8) is 0 Å². The summed E-state index contributed by atoms with van der Waals surface area (Å²) in [5.74, 6) is 2.64. The number of benzene rings is 1. The third-order valence-electron chi connectivity index (χ3n) is 7.15. The van der Waals surface area contributed by atoms with Crippen molar-refractivity contribution in [2.24, 2.45) is 12.5 Å². The van der Waals surface area contributed by atoms with Crippen molar-refractivity contribution < 1.29 is 17.6 Å². The minimum absolute atomic E-state index is 0.235. The zero-order valence-corrected chi connectivity index (χ0v) is 20.1. The van der Waals surface area contributed by atoms with Crippen LogP contribution in [0.1, 0.15) is 48.4 Å². The lowest BCUT2D eigenvalue weighted by atomic mass is 9.89. The van der Waals surface area contributed by atoms with Crippen LogP contribution >= 0.6 is 11.8 Å². The Hall–Kier alpha value is -2.33. The van der Waals surface area contributed by atoms with Gasteiger partial charge in [-0.25, -0.2) is 4.98 Å². The summed E-state index contributed by atoms with van der Waals surface area (Å²) in [7, 11) is 1.93. The van der Waals surface area contributed by atoms with E-state index in [0.717, 1.165) is 67.5 Å². The van der Waals surface area contributed by atoms with E-state index in [1.54, 1.807) is 23.9 Å². The number of nitrogens with zero attached hydrogens (tertiary/aromatic N) is 5. The third kappa shape index (κ3) is 4.62. The van der Waals surface area contributed by atoms with E-state index in [0.29, 0.717) is 17.5 Å². The van der Waals surface area contributed by atoms with Gasteiger partial charge in [-0.3, -0.25) is 0 Å². The standard InChI is InChI=1S/C24H28F3N5OS/c1-16-20(33-15-28-16)21-29-30-22(31(21)2)34-12-4-11-32-10-3-9-23(14-32)13-19(23)17-5-7-18(8-6-17)24(25,26)27/h5-8,15,19H,3-4,9-14H2,1-2H3/t19-,23-/m0/s1. The second-order valence-corrected chi connectivity index (χ2v) is 10.5. The number of thioether (sulfide) groups is 1. The highest BCUT2D eigenvalue weighted by Gasteiger charge is 2.55. The molecule has 1 spiro atoms. The number of hydrogen-bond donors (Lipinski definition) is 0. The summed E-state index contributed by atoms with van der Waals surface area (Å²) in [4.78, 5) is 6.64. The summed E-state index contributed by atoms with van der Waals surface area (Å²) >= 11 is 1.68. The number of rotatable bonds is 7. The summed E-state index contributed by atoms with van der Waals surface area (Å²) < 4.78 is 46.0. The molecule has 0 N–H and O–H groups in total. The predicted octanol–water partition coefficient (Wildman–Crippen LogP) is 5.55. The van der Waals surface area contributed by atoms with Gasteiger partial charge in [0, 0.05) is 19.3 Å².